The third-order valence-corrected chi connectivity index (χ3v) is 8.08. The normalized spacial score (nSPS) is 22.1. The number of amides is 1. The van der Waals surface area contributed by atoms with Gasteiger partial charge in [-0.2, -0.15) is 0 Å². The molecule has 2 atom stereocenters. The molecule has 1 aromatic heterocycles. The van der Waals surface area contributed by atoms with Gasteiger partial charge < -0.3 is 20.5 Å². The molecule has 8 nitrogen and oxygen atoms in total. The van der Waals surface area contributed by atoms with Crippen LogP contribution in [-0.4, -0.2) is 50.1 Å². The molecule has 1 aliphatic carbocycles. The minimum atomic E-state index is -2.80. The molecule has 3 aromatic rings. The number of nitrogens with zero attached hydrogens (tertiary/aromatic N) is 3. The lowest BCUT2D eigenvalue weighted by Gasteiger charge is -2.42. The number of aliphatic hydroxyl groups is 1. The Bertz CT molecular complexity index is 1420. The quantitative estimate of drug-likeness (QED) is 0.466. The first-order valence-corrected chi connectivity index (χ1v) is 13.6. The predicted octanol–water partition coefficient (Wildman–Crippen LogP) is 4.50. The van der Waals surface area contributed by atoms with Gasteiger partial charge in [0.15, 0.2) is 5.69 Å². The Morgan fingerprint density at radius 1 is 1.12 bits per heavy atom. The summed E-state index contributed by atoms with van der Waals surface area (Å²) < 4.78 is 35.6. The number of alkyl halides is 2. The topological polar surface area (TPSA) is 111 Å². The lowest BCUT2D eigenvalue weighted by Crippen LogP contribution is -2.52. The average molecular weight is 553 g/mol. The van der Waals surface area contributed by atoms with Crippen LogP contribution in [0.25, 0.3) is 0 Å². The number of piperidine rings is 1. The van der Waals surface area contributed by atoms with Gasteiger partial charge in [-0.1, -0.05) is 42.5 Å². The van der Waals surface area contributed by atoms with Gasteiger partial charge in [0.1, 0.15) is 12.1 Å². The maximum absolute atomic E-state index is 14.3. The monoisotopic (exact) mass is 552 g/mol. The Kier molecular flexibility index (Phi) is 7.63. The van der Waals surface area contributed by atoms with Gasteiger partial charge in [0.05, 0.1) is 12.1 Å². The lowest BCUT2D eigenvalue weighted by atomic mass is 9.73. The van der Waals surface area contributed by atoms with Gasteiger partial charge in [-0.05, 0) is 49.4 Å². The molecule has 0 unspecified atom stereocenters. The fourth-order valence-corrected chi connectivity index (χ4v) is 5.81. The van der Waals surface area contributed by atoms with Crippen LogP contribution in [0, 0.1) is 12.8 Å². The van der Waals surface area contributed by atoms with Crippen LogP contribution in [0.15, 0.2) is 65.7 Å². The van der Waals surface area contributed by atoms with Crippen LogP contribution in [0.1, 0.15) is 49.1 Å². The van der Waals surface area contributed by atoms with E-state index >= 15 is 0 Å². The molecule has 2 heterocycles. The molecule has 3 N–H and O–H groups in total. The zero-order chi connectivity index (χ0) is 28.5. The maximum Gasteiger partial charge on any atom is 0.280 e. The van der Waals surface area contributed by atoms with E-state index in [1.54, 1.807) is 41.3 Å². The third-order valence-electron chi connectivity index (χ3n) is 8.08. The van der Waals surface area contributed by atoms with Crippen LogP contribution in [0.3, 0.4) is 0 Å². The zero-order valence-electron chi connectivity index (χ0n) is 22.4. The van der Waals surface area contributed by atoms with Crippen LogP contribution in [-0.2, 0) is 11.3 Å². The molecule has 0 bridgehead atoms. The van der Waals surface area contributed by atoms with E-state index in [1.807, 2.05) is 25.1 Å². The largest absolute Gasteiger partial charge is 0.437 e. The van der Waals surface area contributed by atoms with Gasteiger partial charge in [0.2, 0.25) is 17.7 Å². The summed E-state index contributed by atoms with van der Waals surface area (Å²) in [5.41, 5.74) is 5.80. The lowest BCUT2D eigenvalue weighted by molar-refractivity contribution is -0.145. The molecule has 212 valence electrons. The number of aryl methyl sites for hydroxylation is 1. The second kappa shape index (κ2) is 11.0. The van der Waals surface area contributed by atoms with Crippen molar-refractivity contribution in [3.8, 4) is 11.6 Å². The highest BCUT2D eigenvalue weighted by Crippen LogP contribution is 2.46. The van der Waals surface area contributed by atoms with Crippen molar-refractivity contribution in [2.75, 3.05) is 18.8 Å². The van der Waals surface area contributed by atoms with E-state index in [0.717, 1.165) is 11.1 Å². The Labute approximate surface area is 231 Å². The summed E-state index contributed by atoms with van der Waals surface area (Å²) in [6.07, 6.45) is 1.20. The molecule has 2 aliphatic rings. The number of ether oxygens (including phenoxy) is 1. The summed E-state index contributed by atoms with van der Waals surface area (Å²) in [7, 11) is 0. The van der Waals surface area contributed by atoms with Crippen LogP contribution in [0.2, 0.25) is 0 Å². The zero-order valence-corrected chi connectivity index (χ0v) is 22.4. The molecule has 40 heavy (non-hydrogen) atoms. The molecule has 2 aromatic carbocycles. The first-order chi connectivity index (χ1) is 19.0. The number of carbonyl (C=O) groups is 1. The number of nitrogens with two attached hydrogens (primary N) is 1. The van der Waals surface area contributed by atoms with E-state index < -0.39 is 28.9 Å². The molecule has 1 aliphatic heterocycles. The average Bonchev–Trinajstić information content (AvgIpc) is 2.93. The summed E-state index contributed by atoms with van der Waals surface area (Å²) in [4.78, 5) is 32.3. The Morgan fingerprint density at radius 3 is 2.55 bits per heavy atom. The minimum absolute atomic E-state index is 0.00899. The standard InChI is InChI=1S/C30H34F2N4O4/c1-20-6-5-9-22(16-20)40-26-25(33)28(38)36(19-34-26)18-29(39)12-14-35(15-13-29)27(37)23-10-11-30(31,32)17-24(23)21-7-3-2-4-8-21/h2-9,16,19,23-24,39H,10-15,17-18,33H2,1H3/t23-,24+/m1/s1. The summed E-state index contributed by atoms with van der Waals surface area (Å²) in [6, 6.07) is 16.3. The van der Waals surface area contributed by atoms with E-state index in [-0.39, 0.29) is 69.2 Å². The molecule has 0 spiro atoms. The fraction of sp³-hybridized carbons (Fsp3) is 0.433. The Hall–Kier alpha value is -3.79. The smallest absolute Gasteiger partial charge is 0.280 e. The summed E-state index contributed by atoms with van der Waals surface area (Å²) in [5, 5.41) is 11.3. The van der Waals surface area contributed by atoms with E-state index in [9.17, 15) is 23.5 Å². The number of rotatable bonds is 6. The Morgan fingerprint density at radius 2 is 1.85 bits per heavy atom. The van der Waals surface area contributed by atoms with Crippen molar-refractivity contribution in [2.24, 2.45) is 5.92 Å². The molecule has 2 fully saturated rings. The Balaban J connectivity index is 1.24. The molecule has 0 radical (unpaired) electrons. The van der Waals surface area contributed by atoms with Gasteiger partial charge in [0, 0.05) is 37.8 Å². The number of halogens is 2. The van der Waals surface area contributed by atoms with Gasteiger partial charge in [-0.25, -0.2) is 13.8 Å². The molecule has 10 heteroatoms. The van der Waals surface area contributed by atoms with Gasteiger partial charge in [-0.3, -0.25) is 14.2 Å². The fourth-order valence-electron chi connectivity index (χ4n) is 5.81. The number of hydrogen-bond acceptors (Lipinski definition) is 6. The first-order valence-electron chi connectivity index (χ1n) is 13.6. The molecular weight excluding hydrogens is 518 g/mol. The van der Waals surface area contributed by atoms with Crippen molar-refractivity contribution in [1.82, 2.24) is 14.5 Å². The molecule has 1 saturated heterocycles. The SMILES string of the molecule is Cc1cccc(Oc2ncn(CC3(O)CCN(C(=O)[C@@H]4CCC(F)(F)C[C@H]4c4ccccc4)CC3)c(=O)c2N)c1. The summed E-state index contributed by atoms with van der Waals surface area (Å²) in [5.74, 6) is -3.57. The maximum atomic E-state index is 14.3. The van der Waals surface area contributed by atoms with E-state index in [1.165, 1.54) is 10.9 Å². The van der Waals surface area contributed by atoms with Gasteiger partial charge in [-0.15, -0.1) is 0 Å². The number of carbonyl (C=O) groups excluding carboxylic acids is 1. The molecule has 1 amide bonds. The number of benzene rings is 2. The van der Waals surface area contributed by atoms with Crippen molar-refractivity contribution >= 4 is 11.6 Å². The number of likely N-dealkylation sites (tertiary alicyclic amines) is 1. The molecule has 5 rings (SSSR count). The summed E-state index contributed by atoms with van der Waals surface area (Å²) >= 11 is 0. The van der Waals surface area contributed by atoms with E-state index in [2.05, 4.69) is 4.98 Å². The van der Waals surface area contributed by atoms with Crippen molar-refractivity contribution in [2.45, 2.75) is 63.0 Å². The second-order valence-corrected chi connectivity index (χ2v) is 11.1. The van der Waals surface area contributed by atoms with Crippen LogP contribution >= 0.6 is 0 Å². The highest BCUT2D eigenvalue weighted by atomic mass is 19.3. The van der Waals surface area contributed by atoms with E-state index in [4.69, 9.17) is 10.5 Å². The van der Waals surface area contributed by atoms with Crippen molar-refractivity contribution in [3.05, 3.63) is 82.4 Å². The highest BCUT2D eigenvalue weighted by molar-refractivity contribution is 5.80. The first kappa shape index (κ1) is 27.8. The van der Waals surface area contributed by atoms with Crippen LogP contribution < -0.4 is 16.0 Å². The number of hydrogen-bond donors (Lipinski definition) is 2. The van der Waals surface area contributed by atoms with Crippen LogP contribution in [0.4, 0.5) is 14.5 Å². The number of nitrogen functional groups attached to an aromatic ring is 1. The van der Waals surface area contributed by atoms with Crippen LogP contribution in [0.5, 0.6) is 11.6 Å². The van der Waals surface area contributed by atoms with Gasteiger partial charge in [0.25, 0.3) is 5.56 Å². The third kappa shape index (κ3) is 6.01. The number of aromatic nitrogens is 2. The molecular formula is C30H34F2N4O4. The van der Waals surface area contributed by atoms with Crippen molar-refractivity contribution in [1.29, 1.82) is 0 Å². The van der Waals surface area contributed by atoms with E-state index in [0.29, 0.717) is 5.75 Å². The number of anilines is 1. The van der Waals surface area contributed by atoms with Crippen molar-refractivity contribution in [3.63, 3.8) is 0 Å². The second-order valence-electron chi connectivity index (χ2n) is 11.1. The summed E-state index contributed by atoms with van der Waals surface area (Å²) in [6.45, 7) is 2.39. The molecule has 1 saturated carbocycles. The predicted molar refractivity (Wildman–Crippen MR) is 146 cm³/mol. The minimum Gasteiger partial charge on any atom is -0.437 e. The van der Waals surface area contributed by atoms with Crippen molar-refractivity contribution < 1.29 is 23.4 Å². The van der Waals surface area contributed by atoms with Gasteiger partial charge >= 0.3 is 0 Å². The highest BCUT2D eigenvalue weighted by Gasteiger charge is 2.46.